The summed E-state index contributed by atoms with van der Waals surface area (Å²) in [7, 11) is 0. The number of hydrogen-bond acceptors (Lipinski definition) is 2. The molecule has 0 saturated heterocycles. The van der Waals surface area contributed by atoms with Crippen molar-refractivity contribution < 1.29 is 5.11 Å². The van der Waals surface area contributed by atoms with Gasteiger partial charge in [-0.3, -0.25) is 0 Å². The monoisotopic (exact) mass is 179 g/mol. The number of benzene rings is 1. The Bertz CT molecular complexity index is 249. The number of hydrogen-bond donors (Lipinski definition) is 2. The van der Waals surface area contributed by atoms with Crippen LogP contribution in [0.15, 0.2) is 30.3 Å². The topological polar surface area (TPSA) is 55.2 Å². The lowest BCUT2D eigenvalue weighted by Gasteiger charge is -2.40. The molecule has 0 spiro atoms. The summed E-state index contributed by atoms with van der Waals surface area (Å²) in [6, 6.07) is 10.4. The molecule has 1 fully saturated rings. The van der Waals surface area contributed by atoms with Crippen LogP contribution in [0, 0.1) is 0 Å². The van der Waals surface area contributed by atoms with Crippen LogP contribution in [0.25, 0.3) is 0 Å². The standard InChI is InChI=1S/C11H14O.H3N/c12-9-11(7-4-8-11)10-5-2-1-3-6-10;/h1-3,5-6,12H,4,7-9H2;1H3. The van der Waals surface area contributed by atoms with Gasteiger partial charge in [0.05, 0.1) is 6.61 Å². The molecule has 2 nitrogen and oxygen atoms in total. The third-order valence-electron chi connectivity index (χ3n) is 3.00. The second-order valence-corrected chi connectivity index (χ2v) is 3.66. The summed E-state index contributed by atoms with van der Waals surface area (Å²) >= 11 is 0. The molecular weight excluding hydrogens is 162 g/mol. The molecule has 0 atom stereocenters. The maximum absolute atomic E-state index is 9.29. The molecule has 1 aromatic carbocycles. The first-order valence-corrected chi connectivity index (χ1v) is 4.54. The molecule has 1 aliphatic rings. The molecule has 72 valence electrons. The fourth-order valence-electron chi connectivity index (χ4n) is 1.93. The van der Waals surface area contributed by atoms with E-state index in [1.54, 1.807) is 0 Å². The molecule has 0 aromatic heterocycles. The summed E-state index contributed by atoms with van der Waals surface area (Å²) < 4.78 is 0. The third kappa shape index (κ3) is 1.60. The largest absolute Gasteiger partial charge is 0.395 e. The lowest BCUT2D eigenvalue weighted by Crippen LogP contribution is -2.37. The summed E-state index contributed by atoms with van der Waals surface area (Å²) in [5.41, 5.74) is 1.42. The first kappa shape index (κ1) is 10.2. The average molecular weight is 179 g/mol. The molecule has 0 heterocycles. The van der Waals surface area contributed by atoms with Gasteiger partial charge < -0.3 is 11.3 Å². The van der Waals surface area contributed by atoms with Gasteiger partial charge in [-0.15, -0.1) is 0 Å². The van der Waals surface area contributed by atoms with E-state index in [-0.39, 0.29) is 11.6 Å². The second kappa shape index (κ2) is 3.90. The first-order chi connectivity index (χ1) is 5.87. The van der Waals surface area contributed by atoms with E-state index in [1.807, 2.05) is 18.2 Å². The Morgan fingerprint density at radius 3 is 2.15 bits per heavy atom. The maximum Gasteiger partial charge on any atom is 0.0527 e. The maximum atomic E-state index is 9.29. The van der Waals surface area contributed by atoms with E-state index in [1.165, 1.54) is 12.0 Å². The van der Waals surface area contributed by atoms with Gasteiger partial charge in [0.25, 0.3) is 0 Å². The average Bonchev–Trinajstić information content (AvgIpc) is 2.05. The van der Waals surface area contributed by atoms with Crippen LogP contribution in [0.3, 0.4) is 0 Å². The van der Waals surface area contributed by atoms with Crippen molar-refractivity contribution in [2.45, 2.75) is 24.7 Å². The van der Waals surface area contributed by atoms with Gasteiger partial charge in [-0.2, -0.15) is 0 Å². The summed E-state index contributed by atoms with van der Waals surface area (Å²) in [5, 5.41) is 9.29. The molecule has 2 heteroatoms. The predicted molar refractivity (Wildman–Crippen MR) is 54.1 cm³/mol. The fourth-order valence-corrected chi connectivity index (χ4v) is 1.93. The minimum absolute atomic E-state index is 0. The SMILES string of the molecule is N.OCC1(c2ccccc2)CCC1. The molecule has 0 aliphatic heterocycles. The highest BCUT2D eigenvalue weighted by Gasteiger charge is 2.37. The smallest absolute Gasteiger partial charge is 0.0527 e. The highest BCUT2D eigenvalue weighted by atomic mass is 16.3. The van der Waals surface area contributed by atoms with E-state index in [0.29, 0.717) is 6.61 Å². The van der Waals surface area contributed by atoms with Gasteiger partial charge in [0, 0.05) is 5.41 Å². The van der Waals surface area contributed by atoms with Crippen molar-refractivity contribution in [3.05, 3.63) is 35.9 Å². The summed E-state index contributed by atoms with van der Waals surface area (Å²) in [6.07, 6.45) is 3.55. The summed E-state index contributed by atoms with van der Waals surface area (Å²) in [5.74, 6) is 0. The van der Waals surface area contributed by atoms with Gasteiger partial charge in [-0.05, 0) is 18.4 Å². The number of aliphatic hydroxyl groups is 1. The van der Waals surface area contributed by atoms with E-state index in [4.69, 9.17) is 0 Å². The zero-order chi connectivity index (χ0) is 8.44. The fraction of sp³-hybridized carbons (Fsp3) is 0.455. The second-order valence-electron chi connectivity index (χ2n) is 3.66. The summed E-state index contributed by atoms with van der Waals surface area (Å²) in [6.45, 7) is 0.303. The molecule has 1 aromatic rings. The molecule has 1 saturated carbocycles. The van der Waals surface area contributed by atoms with Crippen molar-refractivity contribution in [1.82, 2.24) is 6.15 Å². The Morgan fingerprint density at radius 2 is 1.77 bits per heavy atom. The lowest BCUT2D eigenvalue weighted by molar-refractivity contribution is 0.120. The highest BCUT2D eigenvalue weighted by molar-refractivity contribution is 5.27. The van der Waals surface area contributed by atoms with Crippen LogP contribution in [0.5, 0.6) is 0 Å². The molecule has 0 radical (unpaired) electrons. The Hall–Kier alpha value is -0.860. The van der Waals surface area contributed by atoms with Crippen LogP contribution in [-0.4, -0.2) is 11.7 Å². The molecule has 4 N–H and O–H groups in total. The Labute approximate surface area is 79.2 Å². The third-order valence-corrected chi connectivity index (χ3v) is 3.00. The van der Waals surface area contributed by atoms with E-state index >= 15 is 0 Å². The van der Waals surface area contributed by atoms with Gasteiger partial charge in [0.2, 0.25) is 0 Å². The Kier molecular flexibility index (Phi) is 3.07. The molecular formula is C11H17NO. The van der Waals surface area contributed by atoms with Crippen molar-refractivity contribution >= 4 is 0 Å². The minimum atomic E-state index is 0. The quantitative estimate of drug-likeness (QED) is 0.731. The number of aliphatic hydroxyl groups excluding tert-OH is 1. The molecule has 2 rings (SSSR count). The molecule has 0 amide bonds. The molecule has 1 aliphatic carbocycles. The van der Waals surface area contributed by atoms with Gasteiger partial charge in [0.1, 0.15) is 0 Å². The van der Waals surface area contributed by atoms with Gasteiger partial charge >= 0.3 is 0 Å². The van der Waals surface area contributed by atoms with Crippen molar-refractivity contribution in [2.75, 3.05) is 6.61 Å². The first-order valence-electron chi connectivity index (χ1n) is 4.54. The normalized spacial score (nSPS) is 18.5. The van der Waals surface area contributed by atoms with Crippen LogP contribution in [0.4, 0.5) is 0 Å². The molecule has 0 bridgehead atoms. The van der Waals surface area contributed by atoms with Crippen LogP contribution in [0.2, 0.25) is 0 Å². The van der Waals surface area contributed by atoms with Crippen molar-refractivity contribution in [3.63, 3.8) is 0 Å². The zero-order valence-electron chi connectivity index (χ0n) is 7.87. The lowest BCUT2D eigenvalue weighted by atomic mass is 9.65. The van der Waals surface area contributed by atoms with E-state index in [2.05, 4.69) is 12.1 Å². The minimum Gasteiger partial charge on any atom is -0.395 e. The summed E-state index contributed by atoms with van der Waals surface area (Å²) in [4.78, 5) is 0. The Balaban J connectivity index is 0.000000845. The Morgan fingerprint density at radius 1 is 1.15 bits per heavy atom. The predicted octanol–water partition coefficient (Wildman–Crippen LogP) is 2.26. The zero-order valence-corrected chi connectivity index (χ0v) is 7.87. The van der Waals surface area contributed by atoms with Gasteiger partial charge in [-0.1, -0.05) is 36.8 Å². The van der Waals surface area contributed by atoms with E-state index in [0.717, 1.165) is 12.8 Å². The van der Waals surface area contributed by atoms with Gasteiger partial charge in [-0.25, -0.2) is 0 Å². The number of rotatable bonds is 2. The van der Waals surface area contributed by atoms with Crippen molar-refractivity contribution in [3.8, 4) is 0 Å². The van der Waals surface area contributed by atoms with Crippen molar-refractivity contribution in [1.29, 1.82) is 0 Å². The van der Waals surface area contributed by atoms with Crippen LogP contribution < -0.4 is 6.15 Å². The van der Waals surface area contributed by atoms with Crippen LogP contribution in [0.1, 0.15) is 24.8 Å². The van der Waals surface area contributed by atoms with E-state index < -0.39 is 0 Å². The molecule has 0 unspecified atom stereocenters. The molecule has 13 heavy (non-hydrogen) atoms. The van der Waals surface area contributed by atoms with E-state index in [9.17, 15) is 5.11 Å². The van der Waals surface area contributed by atoms with Crippen LogP contribution in [-0.2, 0) is 5.41 Å². The van der Waals surface area contributed by atoms with Crippen LogP contribution >= 0.6 is 0 Å². The van der Waals surface area contributed by atoms with Crippen molar-refractivity contribution in [2.24, 2.45) is 0 Å². The van der Waals surface area contributed by atoms with Gasteiger partial charge in [0.15, 0.2) is 0 Å². The highest BCUT2D eigenvalue weighted by Crippen LogP contribution is 2.42.